The highest BCUT2D eigenvalue weighted by atomic mass is 28.4. The lowest BCUT2D eigenvalue weighted by Gasteiger charge is -2.43. The number of phenols is 1. The summed E-state index contributed by atoms with van der Waals surface area (Å²) in [6, 6.07) is 30.2. The van der Waals surface area contributed by atoms with Gasteiger partial charge in [0.1, 0.15) is 17.2 Å². The Morgan fingerprint density at radius 1 is 0.810 bits per heavy atom. The van der Waals surface area contributed by atoms with Crippen LogP contribution in [0.1, 0.15) is 47.8 Å². The first-order valence-electron chi connectivity index (χ1n) is 14.3. The number of hydrogen-bond acceptors (Lipinski definition) is 5. The van der Waals surface area contributed by atoms with Gasteiger partial charge >= 0.3 is 0 Å². The van der Waals surface area contributed by atoms with Crippen LogP contribution in [0, 0.1) is 0 Å². The summed E-state index contributed by atoms with van der Waals surface area (Å²) < 4.78 is 17.9. The molecule has 5 rings (SSSR count). The molecule has 42 heavy (non-hydrogen) atoms. The zero-order valence-electron chi connectivity index (χ0n) is 25.0. The SMILES string of the molecule is COc1cc(CN2CCc3c(O)cc(CO[Si](c4ccccc4)(c4ccccc4)C(C)(C)C)cc3C2=O)cc(OC)c1. The fraction of sp³-hybridized carbons (Fsp3) is 0.286. The van der Waals surface area contributed by atoms with Crippen molar-refractivity contribution in [1.82, 2.24) is 4.90 Å². The Kier molecular flexibility index (Phi) is 8.43. The molecule has 4 aromatic rings. The molecule has 0 radical (unpaired) electrons. The topological polar surface area (TPSA) is 68.2 Å². The van der Waals surface area contributed by atoms with Gasteiger partial charge in [0, 0.05) is 30.3 Å². The molecule has 0 fully saturated rings. The molecule has 0 aromatic heterocycles. The summed E-state index contributed by atoms with van der Waals surface area (Å²) in [5.41, 5.74) is 2.90. The quantitative estimate of drug-likeness (QED) is 0.258. The van der Waals surface area contributed by atoms with E-state index in [0.717, 1.165) is 11.1 Å². The van der Waals surface area contributed by atoms with Gasteiger partial charge in [-0.25, -0.2) is 0 Å². The summed E-state index contributed by atoms with van der Waals surface area (Å²) in [5, 5.41) is 13.2. The maximum absolute atomic E-state index is 13.8. The van der Waals surface area contributed by atoms with E-state index < -0.39 is 8.32 Å². The summed E-state index contributed by atoms with van der Waals surface area (Å²) in [5.74, 6) is 1.38. The first-order chi connectivity index (χ1) is 20.2. The largest absolute Gasteiger partial charge is 0.508 e. The zero-order valence-corrected chi connectivity index (χ0v) is 26.0. The molecule has 6 nitrogen and oxygen atoms in total. The molecule has 0 unspecified atom stereocenters. The number of benzene rings is 4. The normalized spacial score (nSPS) is 13.5. The maximum Gasteiger partial charge on any atom is 0.261 e. The number of aromatic hydroxyl groups is 1. The zero-order chi connectivity index (χ0) is 29.9. The van der Waals surface area contributed by atoms with Gasteiger partial charge in [0.15, 0.2) is 0 Å². The maximum atomic E-state index is 13.8. The van der Waals surface area contributed by atoms with Crippen molar-refractivity contribution in [1.29, 1.82) is 0 Å². The molecule has 0 bridgehead atoms. The van der Waals surface area contributed by atoms with Crippen LogP contribution in [0.15, 0.2) is 91.0 Å². The van der Waals surface area contributed by atoms with Gasteiger partial charge in [0.25, 0.3) is 14.2 Å². The molecule has 1 N–H and O–H groups in total. The van der Waals surface area contributed by atoms with Crippen molar-refractivity contribution in [3.63, 3.8) is 0 Å². The minimum atomic E-state index is -2.79. The predicted molar refractivity (Wildman–Crippen MR) is 169 cm³/mol. The predicted octanol–water partition coefficient (Wildman–Crippen LogP) is 5.68. The molecule has 1 aliphatic heterocycles. The Morgan fingerprint density at radius 2 is 1.38 bits per heavy atom. The third-order valence-corrected chi connectivity index (χ3v) is 13.1. The third kappa shape index (κ3) is 5.67. The number of hydrogen-bond donors (Lipinski definition) is 1. The summed E-state index contributed by atoms with van der Waals surface area (Å²) >= 11 is 0. The van der Waals surface area contributed by atoms with E-state index in [1.807, 2.05) is 41.3 Å². The lowest BCUT2D eigenvalue weighted by molar-refractivity contribution is 0.0725. The molecule has 0 atom stereocenters. The molecule has 1 heterocycles. The molecule has 1 amide bonds. The van der Waals surface area contributed by atoms with E-state index >= 15 is 0 Å². The summed E-state index contributed by atoms with van der Waals surface area (Å²) in [4.78, 5) is 15.6. The van der Waals surface area contributed by atoms with Gasteiger partial charge in [-0.15, -0.1) is 0 Å². The van der Waals surface area contributed by atoms with Crippen LogP contribution in [0.2, 0.25) is 5.04 Å². The van der Waals surface area contributed by atoms with Gasteiger partial charge in [-0.1, -0.05) is 81.4 Å². The number of ether oxygens (including phenoxy) is 2. The number of phenolic OH excluding ortho intramolecular Hbond substituents is 1. The van der Waals surface area contributed by atoms with Crippen molar-refractivity contribution in [2.75, 3.05) is 20.8 Å². The molecule has 0 saturated heterocycles. The van der Waals surface area contributed by atoms with Gasteiger partial charge in [0.2, 0.25) is 0 Å². The van der Waals surface area contributed by atoms with Crippen molar-refractivity contribution in [2.24, 2.45) is 0 Å². The minimum absolute atomic E-state index is 0.111. The molecule has 218 valence electrons. The van der Waals surface area contributed by atoms with E-state index in [4.69, 9.17) is 13.9 Å². The van der Waals surface area contributed by atoms with E-state index in [1.165, 1.54) is 10.4 Å². The molecule has 0 aliphatic carbocycles. The molecular formula is C35H39NO5Si. The first-order valence-corrected chi connectivity index (χ1v) is 16.2. The third-order valence-electron chi connectivity index (χ3n) is 8.09. The standard InChI is InChI=1S/C35H39NO5Si/c1-35(2,3)42(29-12-8-6-9-13-29,30-14-10-7-11-15-30)41-24-26-20-32-31(33(37)21-26)16-17-36(34(32)38)23-25-18-27(39-4)22-28(19-25)40-5/h6-15,18-22,37H,16-17,23-24H2,1-5H3. The van der Waals surface area contributed by atoms with Crippen LogP contribution in [0.25, 0.3) is 0 Å². The minimum Gasteiger partial charge on any atom is -0.508 e. The highest BCUT2D eigenvalue weighted by Gasteiger charge is 2.50. The monoisotopic (exact) mass is 581 g/mol. The van der Waals surface area contributed by atoms with Crippen molar-refractivity contribution in [3.8, 4) is 17.2 Å². The van der Waals surface area contributed by atoms with Gasteiger partial charge in [-0.3, -0.25) is 4.79 Å². The summed E-state index contributed by atoms with van der Waals surface area (Å²) in [6.07, 6.45) is 0.573. The van der Waals surface area contributed by atoms with Crippen molar-refractivity contribution in [2.45, 2.75) is 45.4 Å². The van der Waals surface area contributed by atoms with Gasteiger partial charge in [-0.2, -0.15) is 0 Å². The van der Waals surface area contributed by atoms with E-state index in [9.17, 15) is 9.90 Å². The fourth-order valence-electron chi connectivity index (χ4n) is 6.05. The number of fused-ring (bicyclic) bond motifs is 1. The molecular weight excluding hydrogens is 542 g/mol. The second-order valence-electron chi connectivity index (χ2n) is 11.8. The number of nitrogens with zero attached hydrogens (tertiary/aromatic N) is 1. The van der Waals surface area contributed by atoms with Gasteiger partial charge < -0.3 is 23.9 Å². The van der Waals surface area contributed by atoms with E-state index in [-0.39, 0.29) is 23.3 Å². The Hall–Kier alpha value is -4.07. The number of methoxy groups -OCH3 is 2. The Balaban J connectivity index is 1.47. The van der Waals surface area contributed by atoms with Crippen molar-refractivity contribution in [3.05, 3.63) is 113 Å². The van der Waals surface area contributed by atoms with E-state index in [2.05, 4.69) is 69.3 Å². The van der Waals surface area contributed by atoms with E-state index in [1.54, 1.807) is 20.3 Å². The number of amides is 1. The highest BCUT2D eigenvalue weighted by molar-refractivity contribution is 6.99. The highest BCUT2D eigenvalue weighted by Crippen LogP contribution is 2.38. The van der Waals surface area contributed by atoms with Gasteiger partial charge in [-0.05, 0) is 57.2 Å². The Labute approximate surface area is 249 Å². The average Bonchev–Trinajstić information content (AvgIpc) is 2.99. The lowest BCUT2D eigenvalue weighted by atomic mass is 9.95. The second-order valence-corrected chi connectivity index (χ2v) is 16.1. The smallest absolute Gasteiger partial charge is 0.261 e. The first kappa shape index (κ1) is 29.4. The van der Waals surface area contributed by atoms with E-state index in [0.29, 0.717) is 42.1 Å². The van der Waals surface area contributed by atoms with Gasteiger partial charge in [0.05, 0.1) is 20.8 Å². The molecule has 0 spiro atoms. The molecule has 1 aliphatic rings. The van der Waals surface area contributed by atoms with Crippen LogP contribution in [0.5, 0.6) is 17.2 Å². The Bertz CT molecular complexity index is 1490. The fourth-order valence-corrected chi connectivity index (χ4v) is 10.6. The van der Waals surface area contributed by atoms with Crippen molar-refractivity contribution >= 4 is 24.6 Å². The van der Waals surface area contributed by atoms with Crippen molar-refractivity contribution < 1.29 is 23.8 Å². The number of carbonyl (C=O) groups is 1. The van der Waals surface area contributed by atoms with Crippen LogP contribution in [-0.4, -0.2) is 45.0 Å². The summed E-state index contributed by atoms with van der Waals surface area (Å²) in [6.45, 7) is 7.90. The lowest BCUT2D eigenvalue weighted by Crippen LogP contribution is -2.66. The van der Waals surface area contributed by atoms with Crippen LogP contribution in [0.3, 0.4) is 0 Å². The molecule has 0 saturated carbocycles. The second kappa shape index (κ2) is 12.0. The van der Waals surface area contributed by atoms with Crippen LogP contribution >= 0.6 is 0 Å². The van der Waals surface area contributed by atoms with Crippen LogP contribution < -0.4 is 19.8 Å². The Morgan fingerprint density at radius 3 is 1.90 bits per heavy atom. The average molecular weight is 582 g/mol. The van der Waals surface area contributed by atoms with Crippen LogP contribution in [-0.2, 0) is 24.0 Å². The number of rotatable bonds is 9. The van der Waals surface area contributed by atoms with Crippen LogP contribution in [0.4, 0.5) is 0 Å². The molecule has 7 heteroatoms. The summed E-state index contributed by atoms with van der Waals surface area (Å²) in [7, 11) is 0.437. The molecule has 4 aromatic carbocycles. The number of carbonyl (C=O) groups excluding carboxylic acids is 1.